The molecule has 0 radical (unpaired) electrons. The van der Waals surface area contributed by atoms with Crippen molar-refractivity contribution in [2.45, 2.75) is 51.6 Å². The van der Waals surface area contributed by atoms with Gasteiger partial charge < -0.3 is 14.7 Å². The van der Waals surface area contributed by atoms with Crippen LogP contribution in [0.3, 0.4) is 0 Å². The second-order valence-corrected chi connectivity index (χ2v) is 7.06. The maximum atomic E-state index is 11.4. The minimum absolute atomic E-state index is 0.321. The lowest BCUT2D eigenvalue weighted by molar-refractivity contribution is 0.0396. The highest BCUT2D eigenvalue weighted by Crippen LogP contribution is 2.26. The first kappa shape index (κ1) is 15.6. The number of ether oxygens (including phenoxy) is 1. The molecule has 0 bridgehead atoms. The van der Waals surface area contributed by atoms with Crippen LogP contribution in [0.1, 0.15) is 40.0 Å². The van der Waals surface area contributed by atoms with E-state index in [9.17, 15) is 9.90 Å². The molecule has 1 N–H and O–H groups in total. The van der Waals surface area contributed by atoms with Crippen LogP contribution >= 0.6 is 0 Å². The summed E-state index contributed by atoms with van der Waals surface area (Å²) in [6.45, 7) is 10.4. The quantitative estimate of drug-likeness (QED) is 0.864. The van der Waals surface area contributed by atoms with Crippen molar-refractivity contribution in [3.05, 3.63) is 0 Å². The van der Waals surface area contributed by atoms with Gasteiger partial charge in [0.15, 0.2) is 0 Å². The zero-order valence-corrected chi connectivity index (χ0v) is 13.0. The molecule has 0 unspecified atom stereocenters. The zero-order valence-electron chi connectivity index (χ0n) is 13.0. The number of hydrogen-bond donors (Lipinski definition) is 1. The highest BCUT2D eigenvalue weighted by Gasteiger charge is 2.34. The van der Waals surface area contributed by atoms with E-state index in [-0.39, 0.29) is 5.54 Å². The number of rotatable bonds is 3. The van der Waals surface area contributed by atoms with Crippen LogP contribution in [0.15, 0.2) is 0 Å². The van der Waals surface area contributed by atoms with Crippen molar-refractivity contribution in [1.29, 1.82) is 0 Å². The molecule has 0 aromatic carbocycles. The maximum absolute atomic E-state index is 11.4. The van der Waals surface area contributed by atoms with Gasteiger partial charge in [0.05, 0.1) is 0 Å². The molecule has 2 saturated heterocycles. The Balaban J connectivity index is 1.87. The first-order valence-electron chi connectivity index (χ1n) is 7.70. The normalized spacial score (nSPS) is 25.9. The average molecular weight is 284 g/mol. The van der Waals surface area contributed by atoms with Crippen molar-refractivity contribution >= 4 is 6.09 Å². The second kappa shape index (κ2) is 6.31. The van der Waals surface area contributed by atoms with Gasteiger partial charge in [0.2, 0.25) is 0 Å². The molecule has 0 aliphatic carbocycles. The summed E-state index contributed by atoms with van der Waals surface area (Å²) >= 11 is 0. The molecule has 0 aromatic heterocycles. The fraction of sp³-hybridized carbons (Fsp3) is 0.933. The Labute approximate surface area is 121 Å². The van der Waals surface area contributed by atoms with E-state index < -0.39 is 6.09 Å². The van der Waals surface area contributed by atoms with Crippen LogP contribution in [-0.4, -0.2) is 65.4 Å². The molecule has 2 aliphatic rings. The summed E-state index contributed by atoms with van der Waals surface area (Å²) in [7, 11) is 0. The number of carboxylic acid groups (broad SMARTS) is 1. The van der Waals surface area contributed by atoms with Crippen LogP contribution in [0.5, 0.6) is 0 Å². The summed E-state index contributed by atoms with van der Waals surface area (Å²) in [5.41, 5.74) is -0.321. The molecule has 20 heavy (non-hydrogen) atoms. The van der Waals surface area contributed by atoms with Gasteiger partial charge in [-0.1, -0.05) is 0 Å². The van der Waals surface area contributed by atoms with Crippen molar-refractivity contribution < 1.29 is 14.6 Å². The third-order valence-corrected chi connectivity index (χ3v) is 4.51. The summed E-state index contributed by atoms with van der Waals surface area (Å²) in [5.74, 6) is 0.466. The second-order valence-electron chi connectivity index (χ2n) is 7.06. The fourth-order valence-electron chi connectivity index (χ4n) is 3.29. The predicted molar refractivity (Wildman–Crippen MR) is 78.0 cm³/mol. The summed E-state index contributed by atoms with van der Waals surface area (Å²) in [6.07, 6.45) is 2.54. The molecular weight excluding hydrogens is 256 g/mol. The molecule has 2 fully saturated rings. The molecule has 5 nitrogen and oxygen atoms in total. The Kier molecular flexibility index (Phi) is 4.91. The lowest BCUT2D eigenvalue weighted by atomic mass is 10.0. The van der Waals surface area contributed by atoms with Crippen LogP contribution in [0.4, 0.5) is 4.79 Å². The Hall–Kier alpha value is -0.810. The minimum Gasteiger partial charge on any atom is -0.465 e. The van der Waals surface area contributed by atoms with Gasteiger partial charge in [-0.2, -0.15) is 0 Å². The monoisotopic (exact) mass is 284 g/mol. The zero-order chi connectivity index (χ0) is 14.8. The molecule has 2 rings (SSSR count). The summed E-state index contributed by atoms with van der Waals surface area (Å²) in [6, 6.07) is 0.640. The Morgan fingerprint density at radius 3 is 2.50 bits per heavy atom. The van der Waals surface area contributed by atoms with E-state index in [1.54, 1.807) is 4.90 Å². The molecule has 1 atom stereocenters. The first-order valence-corrected chi connectivity index (χ1v) is 7.70. The largest absolute Gasteiger partial charge is 0.465 e. The Morgan fingerprint density at radius 2 is 1.95 bits per heavy atom. The number of nitrogens with zero attached hydrogens (tertiary/aromatic N) is 2. The molecule has 2 heterocycles. The average Bonchev–Trinajstić information content (AvgIpc) is 2.84. The maximum Gasteiger partial charge on any atom is 0.407 e. The van der Waals surface area contributed by atoms with E-state index in [1.165, 1.54) is 0 Å². The number of hydrogen-bond acceptors (Lipinski definition) is 3. The third kappa shape index (κ3) is 3.85. The van der Waals surface area contributed by atoms with E-state index in [0.29, 0.717) is 18.5 Å². The van der Waals surface area contributed by atoms with Gasteiger partial charge in [0.25, 0.3) is 0 Å². The Morgan fingerprint density at radius 1 is 1.30 bits per heavy atom. The molecule has 0 aromatic rings. The summed E-state index contributed by atoms with van der Waals surface area (Å²) in [5, 5.41) is 9.38. The van der Waals surface area contributed by atoms with Gasteiger partial charge in [0.1, 0.15) is 0 Å². The van der Waals surface area contributed by atoms with Gasteiger partial charge in [-0.05, 0) is 52.5 Å². The van der Waals surface area contributed by atoms with E-state index >= 15 is 0 Å². The SMILES string of the molecule is CC(C)(C)N(C[C@@H]1CCN(C2CCOCC2)C1)C(=O)O. The molecule has 1 amide bonds. The first-order chi connectivity index (χ1) is 9.38. The van der Waals surface area contributed by atoms with Crippen molar-refractivity contribution in [2.75, 3.05) is 32.8 Å². The van der Waals surface area contributed by atoms with Crippen LogP contribution in [0, 0.1) is 5.92 Å². The standard InChI is InChI=1S/C15H28N2O3/c1-15(2,3)17(14(18)19)11-12-4-7-16(10-12)13-5-8-20-9-6-13/h12-13H,4-11H2,1-3H3,(H,18,19)/t12-/m1/s1. The van der Waals surface area contributed by atoms with Crippen LogP contribution in [0.25, 0.3) is 0 Å². The van der Waals surface area contributed by atoms with Crippen molar-refractivity contribution in [1.82, 2.24) is 9.80 Å². The summed E-state index contributed by atoms with van der Waals surface area (Å²) in [4.78, 5) is 15.5. The highest BCUT2D eigenvalue weighted by atomic mass is 16.5. The van der Waals surface area contributed by atoms with Gasteiger partial charge in [0, 0.05) is 37.9 Å². The van der Waals surface area contributed by atoms with E-state index in [4.69, 9.17) is 4.74 Å². The lowest BCUT2D eigenvalue weighted by Crippen LogP contribution is -2.48. The topological polar surface area (TPSA) is 53.0 Å². The smallest absolute Gasteiger partial charge is 0.407 e. The molecule has 2 aliphatic heterocycles. The van der Waals surface area contributed by atoms with Crippen LogP contribution < -0.4 is 0 Å². The fourth-order valence-corrected chi connectivity index (χ4v) is 3.29. The lowest BCUT2D eigenvalue weighted by Gasteiger charge is -2.35. The molecule has 0 saturated carbocycles. The predicted octanol–water partition coefficient (Wildman–Crippen LogP) is 2.27. The van der Waals surface area contributed by atoms with E-state index in [2.05, 4.69) is 4.90 Å². The van der Waals surface area contributed by atoms with Crippen LogP contribution in [-0.2, 0) is 4.74 Å². The van der Waals surface area contributed by atoms with Crippen LogP contribution in [0.2, 0.25) is 0 Å². The van der Waals surface area contributed by atoms with Gasteiger partial charge in [-0.15, -0.1) is 0 Å². The molecule has 116 valence electrons. The number of carbonyl (C=O) groups is 1. The van der Waals surface area contributed by atoms with Gasteiger partial charge >= 0.3 is 6.09 Å². The van der Waals surface area contributed by atoms with E-state index in [1.807, 2.05) is 20.8 Å². The van der Waals surface area contributed by atoms with Gasteiger partial charge in [-0.25, -0.2) is 4.79 Å². The van der Waals surface area contributed by atoms with Crippen molar-refractivity contribution in [3.8, 4) is 0 Å². The Bertz CT molecular complexity index is 335. The molecule has 0 spiro atoms. The van der Waals surface area contributed by atoms with Crippen molar-refractivity contribution in [2.24, 2.45) is 5.92 Å². The third-order valence-electron chi connectivity index (χ3n) is 4.51. The van der Waals surface area contributed by atoms with E-state index in [0.717, 1.165) is 45.6 Å². The minimum atomic E-state index is -0.804. The molecular formula is C15H28N2O3. The van der Waals surface area contributed by atoms with Gasteiger partial charge in [-0.3, -0.25) is 4.90 Å². The highest BCUT2D eigenvalue weighted by molar-refractivity contribution is 5.66. The van der Waals surface area contributed by atoms with Crippen molar-refractivity contribution in [3.63, 3.8) is 0 Å². The molecule has 5 heteroatoms. The number of likely N-dealkylation sites (tertiary alicyclic amines) is 1. The number of amides is 1. The summed E-state index contributed by atoms with van der Waals surface area (Å²) < 4.78 is 5.41.